The van der Waals surface area contributed by atoms with Gasteiger partial charge in [-0.1, -0.05) is 25.1 Å². The second-order valence-electron chi connectivity index (χ2n) is 4.70. The summed E-state index contributed by atoms with van der Waals surface area (Å²) in [7, 11) is 4.23. The fraction of sp³-hybridized carbons (Fsp3) is 0.600. The summed E-state index contributed by atoms with van der Waals surface area (Å²) in [6.07, 6.45) is 3.36. The van der Waals surface area contributed by atoms with Crippen LogP contribution in [0.1, 0.15) is 31.9 Å². The Hall–Kier alpha value is -0.670. The van der Waals surface area contributed by atoms with Crippen LogP contribution in [0.4, 0.5) is 5.69 Å². The minimum atomic E-state index is 0.385. The van der Waals surface area contributed by atoms with Crippen LogP contribution in [0.5, 0.6) is 0 Å². The van der Waals surface area contributed by atoms with Gasteiger partial charge in [0.25, 0.3) is 0 Å². The molecule has 0 bridgehead atoms. The van der Waals surface area contributed by atoms with Crippen molar-refractivity contribution in [1.82, 2.24) is 5.32 Å². The maximum absolute atomic E-state index is 3.33. The van der Waals surface area contributed by atoms with Gasteiger partial charge in [0.2, 0.25) is 0 Å². The lowest BCUT2D eigenvalue weighted by Gasteiger charge is -2.32. The molecule has 0 amide bonds. The van der Waals surface area contributed by atoms with E-state index in [1.165, 1.54) is 23.4 Å². The zero-order valence-corrected chi connectivity index (χ0v) is 13.1. The molecule has 0 fully saturated rings. The SMILES string of the molecule is CCC(CSC)N(C)c1ccccc1C(C)NC. The Balaban J connectivity index is 3.00. The molecule has 18 heavy (non-hydrogen) atoms. The van der Waals surface area contributed by atoms with Crippen LogP contribution in [-0.2, 0) is 0 Å². The van der Waals surface area contributed by atoms with E-state index in [1.54, 1.807) is 0 Å². The normalized spacial score (nSPS) is 14.3. The third kappa shape index (κ3) is 3.66. The molecule has 1 rings (SSSR count). The molecule has 3 heteroatoms. The topological polar surface area (TPSA) is 15.3 Å². The maximum Gasteiger partial charge on any atom is 0.0414 e. The lowest BCUT2D eigenvalue weighted by atomic mass is 10.0. The van der Waals surface area contributed by atoms with E-state index in [2.05, 4.69) is 61.6 Å². The first-order chi connectivity index (χ1) is 8.65. The van der Waals surface area contributed by atoms with E-state index in [4.69, 9.17) is 0 Å². The van der Waals surface area contributed by atoms with Crippen molar-refractivity contribution in [3.63, 3.8) is 0 Å². The van der Waals surface area contributed by atoms with E-state index in [9.17, 15) is 0 Å². The van der Waals surface area contributed by atoms with Gasteiger partial charge in [0.15, 0.2) is 0 Å². The van der Waals surface area contributed by atoms with Crippen molar-refractivity contribution in [3.05, 3.63) is 29.8 Å². The predicted molar refractivity (Wildman–Crippen MR) is 84.8 cm³/mol. The van der Waals surface area contributed by atoms with Crippen molar-refractivity contribution in [2.75, 3.05) is 31.0 Å². The fourth-order valence-corrected chi connectivity index (χ4v) is 3.07. The van der Waals surface area contributed by atoms with Crippen LogP contribution in [-0.4, -0.2) is 32.1 Å². The number of rotatable bonds is 7. The summed E-state index contributed by atoms with van der Waals surface area (Å²) in [5.41, 5.74) is 2.72. The van der Waals surface area contributed by atoms with Crippen molar-refractivity contribution in [2.24, 2.45) is 0 Å². The molecular weight excluding hydrogens is 240 g/mol. The summed E-state index contributed by atoms with van der Waals surface area (Å²) in [5.74, 6) is 1.18. The Labute approximate surface area is 116 Å². The summed E-state index contributed by atoms with van der Waals surface area (Å²) in [4.78, 5) is 2.43. The molecule has 0 saturated heterocycles. The van der Waals surface area contributed by atoms with E-state index in [-0.39, 0.29) is 0 Å². The third-order valence-corrected chi connectivity index (χ3v) is 4.31. The quantitative estimate of drug-likeness (QED) is 0.812. The molecule has 2 nitrogen and oxygen atoms in total. The van der Waals surface area contributed by atoms with E-state index in [0.29, 0.717) is 12.1 Å². The summed E-state index contributed by atoms with van der Waals surface area (Å²) in [6, 6.07) is 9.69. The Morgan fingerprint density at radius 3 is 2.56 bits per heavy atom. The van der Waals surface area contributed by atoms with Gasteiger partial charge < -0.3 is 10.2 Å². The predicted octanol–water partition coefficient (Wildman–Crippen LogP) is 3.54. The van der Waals surface area contributed by atoms with Crippen LogP contribution in [0.15, 0.2) is 24.3 Å². The lowest BCUT2D eigenvalue weighted by molar-refractivity contribution is 0.632. The summed E-state index contributed by atoms with van der Waals surface area (Å²) >= 11 is 1.92. The van der Waals surface area contributed by atoms with Gasteiger partial charge in [0.05, 0.1) is 0 Å². The van der Waals surface area contributed by atoms with E-state index in [1.807, 2.05) is 18.8 Å². The van der Waals surface area contributed by atoms with Crippen LogP contribution in [0.25, 0.3) is 0 Å². The number of nitrogens with zero attached hydrogens (tertiary/aromatic N) is 1. The van der Waals surface area contributed by atoms with Gasteiger partial charge in [-0.25, -0.2) is 0 Å². The number of hydrogen-bond donors (Lipinski definition) is 1. The van der Waals surface area contributed by atoms with Crippen LogP contribution >= 0.6 is 11.8 Å². The standard InChI is InChI=1S/C15H26N2S/c1-6-13(11-18-5)17(4)15-10-8-7-9-14(15)12(2)16-3/h7-10,12-13,16H,6,11H2,1-5H3. The van der Waals surface area contributed by atoms with Crippen LogP contribution < -0.4 is 10.2 Å². The van der Waals surface area contributed by atoms with E-state index < -0.39 is 0 Å². The van der Waals surface area contributed by atoms with Gasteiger partial charge >= 0.3 is 0 Å². The van der Waals surface area contributed by atoms with Crippen LogP contribution in [0.2, 0.25) is 0 Å². The number of anilines is 1. The van der Waals surface area contributed by atoms with Gasteiger partial charge in [-0.15, -0.1) is 0 Å². The molecule has 0 heterocycles. The average molecular weight is 266 g/mol. The maximum atomic E-state index is 3.33. The molecule has 2 atom stereocenters. The molecule has 0 aliphatic heterocycles. The number of thioether (sulfide) groups is 1. The van der Waals surface area contributed by atoms with Crippen molar-refractivity contribution in [1.29, 1.82) is 0 Å². The summed E-state index contributed by atoms with van der Waals surface area (Å²) < 4.78 is 0. The van der Waals surface area contributed by atoms with Gasteiger partial charge in [-0.05, 0) is 38.3 Å². The largest absolute Gasteiger partial charge is 0.371 e. The first-order valence-electron chi connectivity index (χ1n) is 6.63. The summed E-state index contributed by atoms with van der Waals surface area (Å²) in [6.45, 7) is 4.48. The highest BCUT2D eigenvalue weighted by molar-refractivity contribution is 7.98. The molecule has 2 unspecified atom stereocenters. The first kappa shape index (κ1) is 15.4. The van der Waals surface area contributed by atoms with Gasteiger partial charge in [0, 0.05) is 30.6 Å². The van der Waals surface area contributed by atoms with E-state index >= 15 is 0 Å². The Morgan fingerprint density at radius 2 is 2.00 bits per heavy atom. The third-order valence-electron chi connectivity index (χ3n) is 3.59. The molecule has 102 valence electrons. The average Bonchev–Trinajstić information content (AvgIpc) is 2.43. The van der Waals surface area contributed by atoms with Crippen molar-refractivity contribution in [2.45, 2.75) is 32.4 Å². The molecule has 1 N–H and O–H groups in total. The Bertz CT molecular complexity index is 354. The molecular formula is C15H26N2S. The summed E-state index contributed by atoms with van der Waals surface area (Å²) in [5, 5.41) is 3.33. The van der Waals surface area contributed by atoms with E-state index in [0.717, 1.165) is 0 Å². The Kier molecular flexibility index (Phi) is 6.58. The molecule has 0 spiro atoms. The van der Waals surface area contributed by atoms with Gasteiger partial charge in [0.1, 0.15) is 0 Å². The molecule has 0 aromatic heterocycles. The molecule has 0 radical (unpaired) electrons. The molecule has 1 aromatic carbocycles. The smallest absolute Gasteiger partial charge is 0.0414 e. The number of hydrogen-bond acceptors (Lipinski definition) is 3. The second kappa shape index (κ2) is 7.70. The minimum absolute atomic E-state index is 0.385. The minimum Gasteiger partial charge on any atom is -0.371 e. The molecule has 0 saturated carbocycles. The van der Waals surface area contributed by atoms with Gasteiger partial charge in [-0.2, -0.15) is 11.8 Å². The van der Waals surface area contributed by atoms with Crippen molar-refractivity contribution < 1.29 is 0 Å². The van der Waals surface area contributed by atoms with Crippen LogP contribution in [0.3, 0.4) is 0 Å². The number of nitrogens with one attached hydrogen (secondary N) is 1. The van der Waals surface area contributed by atoms with Gasteiger partial charge in [-0.3, -0.25) is 0 Å². The first-order valence-corrected chi connectivity index (χ1v) is 8.03. The highest BCUT2D eigenvalue weighted by Gasteiger charge is 2.17. The molecule has 0 aliphatic carbocycles. The zero-order chi connectivity index (χ0) is 13.5. The monoisotopic (exact) mass is 266 g/mol. The fourth-order valence-electron chi connectivity index (χ4n) is 2.22. The van der Waals surface area contributed by atoms with Crippen molar-refractivity contribution >= 4 is 17.4 Å². The zero-order valence-electron chi connectivity index (χ0n) is 12.2. The second-order valence-corrected chi connectivity index (χ2v) is 5.61. The number of para-hydroxylation sites is 1. The number of benzene rings is 1. The lowest BCUT2D eigenvalue weighted by Crippen LogP contribution is -2.34. The highest BCUT2D eigenvalue weighted by atomic mass is 32.2. The van der Waals surface area contributed by atoms with Crippen LogP contribution in [0, 0.1) is 0 Å². The molecule has 1 aromatic rings. The van der Waals surface area contributed by atoms with Crippen molar-refractivity contribution in [3.8, 4) is 0 Å². The Morgan fingerprint density at radius 1 is 1.33 bits per heavy atom. The molecule has 0 aliphatic rings. The highest BCUT2D eigenvalue weighted by Crippen LogP contribution is 2.27.